The lowest BCUT2D eigenvalue weighted by atomic mass is 9.76. The monoisotopic (exact) mass is 441 g/mol. The van der Waals surface area contributed by atoms with E-state index in [0.29, 0.717) is 5.69 Å². The van der Waals surface area contributed by atoms with Crippen LogP contribution in [0.3, 0.4) is 0 Å². The molecule has 0 bridgehead atoms. The molecule has 1 aliphatic rings. The van der Waals surface area contributed by atoms with Crippen molar-refractivity contribution < 1.29 is 5.11 Å². The van der Waals surface area contributed by atoms with Crippen molar-refractivity contribution in [3.05, 3.63) is 132 Å². The largest absolute Gasteiger partial charge is 0.382 e. The summed E-state index contributed by atoms with van der Waals surface area (Å²) in [5, 5.41) is 11.0. The minimum absolute atomic E-state index is 0.390. The normalized spacial score (nSPS) is 21.4. The molecule has 1 saturated carbocycles. The molecule has 0 aliphatic heterocycles. The van der Waals surface area contributed by atoms with E-state index in [9.17, 15) is 5.11 Å². The summed E-state index contributed by atoms with van der Waals surface area (Å²) in [5.41, 5.74) is 2.04. The molecule has 3 aromatic carbocycles. The molecule has 1 aromatic heterocycles. The second kappa shape index (κ2) is 8.57. The summed E-state index contributed by atoms with van der Waals surface area (Å²) in [6, 6.07) is 31.3. The molecule has 1 radical (unpaired) electrons. The van der Waals surface area contributed by atoms with Crippen molar-refractivity contribution in [2.24, 2.45) is 0 Å². The Morgan fingerprint density at radius 1 is 0.844 bits per heavy atom. The number of hydrogen-bond acceptors (Lipinski definition) is 2. The Kier molecular flexibility index (Phi) is 5.62. The van der Waals surface area contributed by atoms with E-state index in [1.54, 1.807) is 0 Å². The molecule has 1 heterocycles. The first-order valence-corrected chi connectivity index (χ1v) is 11.5. The van der Waals surface area contributed by atoms with Crippen molar-refractivity contribution in [1.82, 2.24) is 9.55 Å². The van der Waals surface area contributed by atoms with Gasteiger partial charge in [-0.25, -0.2) is 4.98 Å². The minimum Gasteiger partial charge on any atom is -0.382 e. The van der Waals surface area contributed by atoms with Crippen LogP contribution in [0, 0.1) is 6.42 Å². The van der Waals surface area contributed by atoms with Crippen LogP contribution in [0.1, 0.15) is 41.6 Å². The van der Waals surface area contributed by atoms with E-state index in [1.165, 1.54) is 0 Å². The fourth-order valence-electron chi connectivity index (χ4n) is 4.93. The van der Waals surface area contributed by atoms with E-state index in [1.807, 2.05) is 37.1 Å². The van der Waals surface area contributed by atoms with Gasteiger partial charge in [0.2, 0.25) is 0 Å². The summed E-state index contributed by atoms with van der Waals surface area (Å²) in [7, 11) is 0. The van der Waals surface area contributed by atoms with Gasteiger partial charge in [-0.15, -0.1) is 11.6 Å². The molecule has 0 spiro atoms. The maximum absolute atomic E-state index is 11.4. The van der Waals surface area contributed by atoms with Gasteiger partial charge in [0.05, 0.1) is 17.4 Å². The van der Waals surface area contributed by atoms with Crippen molar-refractivity contribution in [2.45, 2.75) is 35.8 Å². The number of halogens is 1. The number of nitrogens with zero attached hydrogens (tertiary/aromatic N) is 2. The second-order valence-corrected chi connectivity index (χ2v) is 8.93. The molecule has 1 aliphatic carbocycles. The van der Waals surface area contributed by atoms with Crippen LogP contribution in [0.25, 0.3) is 0 Å². The Hall–Kier alpha value is -2.88. The maximum atomic E-state index is 11.4. The van der Waals surface area contributed by atoms with Crippen LogP contribution >= 0.6 is 11.6 Å². The first-order chi connectivity index (χ1) is 15.7. The second-order valence-electron chi connectivity index (χ2n) is 8.40. The van der Waals surface area contributed by atoms with Gasteiger partial charge < -0.3 is 9.67 Å². The highest BCUT2D eigenvalue weighted by Gasteiger charge is 2.44. The number of benzene rings is 3. The average molecular weight is 442 g/mol. The van der Waals surface area contributed by atoms with E-state index >= 15 is 0 Å². The van der Waals surface area contributed by atoms with Gasteiger partial charge in [-0.1, -0.05) is 97.4 Å². The number of aromatic nitrogens is 2. The van der Waals surface area contributed by atoms with E-state index < -0.39 is 11.1 Å². The Morgan fingerprint density at radius 2 is 1.34 bits per heavy atom. The Labute approximate surface area is 194 Å². The van der Waals surface area contributed by atoms with Crippen molar-refractivity contribution >= 4 is 11.6 Å². The molecule has 4 aromatic rings. The van der Waals surface area contributed by atoms with Crippen LogP contribution in [0.15, 0.2) is 104 Å². The predicted octanol–water partition coefficient (Wildman–Crippen LogP) is 5.91. The topological polar surface area (TPSA) is 38.0 Å². The van der Waals surface area contributed by atoms with Gasteiger partial charge in [-0.2, -0.15) is 0 Å². The fraction of sp³-hybridized carbons (Fsp3) is 0.214. The number of rotatable bonds is 5. The van der Waals surface area contributed by atoms with E-state index in [2.05, 4.69) is 77.4 Å². The smallest absolute Gasteiger partial charge is 0.127 e. The van der Waals surface area contributed by atoms with E-state index in [4.69, 9.17) is 16.6 Å². The van der Waals surface area contributed by atoms with Crippen LogP contribution in [0.4, 0.5) is 0 Å². The summed E-state index contributed by atoms with van der Waals surface area (Å²) in [6.45, 7) is 0. The lowest BCUT2D eigenvalue weighted by molar-refractivity contribution is 0.0443. The van der Waals surface area contributed by atoms with Crippen molar-refractivity contribution in [1.29, 1.82) is 0 Å². The fourth-order valence-corrected chi connectivity index (χ4v) is 5.29. The molecular formula is C28H26ClN2O. The number of hydrogen-bond donors (Lipinski definition) is 1. The van der Waals surface area contributed by atoms with Gasteiger partial charge in [0, 0.05) is 12.6 Å². The van der Waals surface area contributed by atoms with Gasteiger partial charge in [-0.05, 0) is 29.5 Å². The highest BCUT2D eigenvalue weighted by Crippen LogP contribution is 2.43. The number of alkyl halides is 1. The van der Waals surface area contributed by atoms with Gasteiger partial charge in [0.1, 0.15) is 11.1 Å². The molecule has 2 unspecified atom stereocenters. The molecule has 1 fully saturated rings. The summed E-state index contributed by atoms with van der Waals surface area (Å²) < 4.78 is 2.12. The zero-order chi connectivity index (χ0) is 22.0. The quantitative estimate of drug-likeness (QED) is 0.309. The van der Waals surface area contributed by atoms with Crippen LogP contribution in [0.5, 0.6) is 0 Å². The van der Waals surface area contributed by atoms with Crippen LogP contribution in [-0.4, -0.2) is 20.0 Å². The van der Waals surface area contributed by atoms with Gasteiger partial charge >= 0.3 is 0 Å². The summed E-state index contributed by atoms with van der Waals surface area (Å²) in [4.78, 5) is 4.70. The third-order valence-corrected chi connectivity index (χ3v) is 7.10. The lowest BCUT2D eigenvalue weighted by Gasteiger charge is -2.38. The van der Waals surface area contributed by atoms with E-state index in [0.717, 1.165) is 36.0 Å². The van der Waals surface area contributed by atoms with E-state index in [-0.39, 0.29) is 5.38 Å². The lowest BCUT2D eigenvalue weighted by Crippen LogP contribution is -2.40. The van der Waals surface area contributed by atoms with Crippen LogP contribution < -0.4 is 0 Å². The zero-order valence-electron chi connectivity index (χ0n) is 17.8. The van der Waals surface area contributed by atoms with Crippen molar-refractivity contribution in [3.8, 4) is 0 Å². The molecule has 1 N–H and O–H groups in total. The molecule has 2 atom stereocenters. The van der Waals surface area contributed by atoms with Gasteiger partial charge in [0.25, 0.3) is 0 Å². The van der Waals surface area contributed by atoms with Crippen molar-refractivity contribution in [3.63, 3.8) is 0 Å². The zero-order valence-corrected chi connectivity index (χ0v) is 18.6. The SMILES string of the molecule is OC1(c2cn(C(c3ccccc3)(c3ccccc3)c3ccccc3)cn2)[CH]CCCC1Cl. The molecule has 4 heteroatoms. The van der Waals surface area contributed by atoms with Crippen molar-refractivity contribution in [2.75, 3.05) is 0 Å². The standard InChI is InChI=1S/C28H26ClN2O/c29-25-18-10-11-19-27(25,32)26-20-31(21-30-26)28(22-12-4-1-5-13-22,23-14-6-2-7-15-23)24-16-8-3-9-17-24/h1-9,12-17,19-21,25,32H,10-11,18H2. The van der Waals surface area contributed by atoms with Crippen LogP contribution in [-0.2, 0) is 11.1 Å². The average Bonchev–Trinajstić information content (AvgIpc) is 3.35. The maximum Gasteiger partial charge on any atom is 0.127 e. The molecular weight excluding hydrogens is 416 g/mol. The van der Waals surface area contributed by atoms with Crippen LogP contribution in [0.2, 0.25) is 0 Å². The van der Waals surface area contributed by atoms with Gasteiger partial charge in [-0.3, -0.25) is 0 Å². The summed E-state index contributed by atoms with van der Waals surface area (Å²) in [5.74, 6) is 0. The summed E-state index contributed by atoms with van der Waals surface area (Å²) >= 11 is 6.60. The summed E-state index contributed by atoms with van der Waals surface area (Å²) in [6.07, 6.45) is 8.28. The highest BCUT2D eigenvalue weighted by atomic mass is 35.5. The van der Waals surface area contributed by atoms with Gasteiger partial charge in [0.15, 0.2) is 0 Å². The minimum atomic E-state index is -1.24. The molecule has 32 heavy (non-hydrogen) atoms. The Bertz CT molecular complexity index is 1060. The molecule has 5 rings (SSSR count). The molecule has 0 amide bonds. The number of aliphatic hydroxyl groups is 1. The molecule has 161 valence electrons. The first kappa shape index (κ1) is 21.0. The third kappa shape index (κ3) is 3.37. The highest BCUT2D eigenvalue weighted by molar-refractivity contribution is 6.21. The molecule has 0 saturated heterocycles. The first-order valence-electron chi connectivity index (χ1n) is 11.1. The Morgan fingerprint density at radius 3 is 1.81 bits per heavy atom. The third-order valence-electron chi connectivity index (χ3n) is 6.55. The molecule has 3 nitrogen and oxygen atoms in total. The Balaban J connectivity index is 1.78. The predicted molar refractivity (Wildman–Crippen MR) is 129 cm³/mol. The number of imidazole rings is 1.